The first kappa shape index (κ1) is 23.4. The van der Waals surface area contributed by atoms with Crippen LogP contribution in [0.25, 0.3) is 16.6 Å². The standard InChI is InChI=1S/C27H27N5O4/c1-35-15-5-8-23(33)31-14-13-18(16-31)22-17-32(25-24(22)27(34)30-29-26(25)28)19-9-11-21(12-10-19)36-20-6-3-2-4-7-20/h2-12,17-18H,13-16H2,1H3,(H2,28,29)(H,30,34)/b8-5+. The average Bonchev–Trinajstić information content (AvgIpc) is 3.54. The van der Waals surface area contributed by atoms with Crippen LogP contribution in [-0.4, -0.2) is 52.4 Å². The molecule has 0 bridgehead atoms. The van der Waals surface area contributed by atoms with Gasteiger partial charge in [-0.15, -0.1) is 0 Å². The van der Waals surface area contributed by atoms with Gasteiger partial charge in [0.25, 0.3) is 5.56 Å². The van der Waals surface area contributed by atoms with E-state index in [1.165, 1.54) is 6.08 Å². The zero-order valence-corrected chi connectivity index (χ0v) is 19.9. The SMILES string of the molecule is COC/C=C/C(=O)N1CCC(c2cn(-c3ccc(Oc4ccccc4)cc3)c3c(N)n[nH]c(=O)c23)C1. The van der Waals surface area contributed by atoms with E-state index in [0.717, 1.165) is 23.4 Å². The summed E-state index contributed by atoms with van der Waals surface area (Å²) in [4.78, 5) is 27.2. The van der Waals surface area contributed by atoms with E-state index >= 15 is 0 Å². The largest absolute Gasteiger partial charge is 0.457 e. The Morgan fingerprint density at radius 3 is 2.67 bits per heavy atom. The van der Waals surface area contributed by atoms with Crippen LogP contribution >= 0.6 is 0 Å². The molecule has 2 aromatic heterocycles. The lowest BCUT2D eigenvalue weighted by molar-refractivity contribution is -0.125. The molecule has 1 aliphatic rings. The maximum Gasteiger partial charge on any atom is 0.274 e. The molecular weight excluding hydrogens is 458 g/mol. The quantitative estimate of drug-likeness (QED) is 0.387. The summed E-state index contributed by atoms with van der Waals surface area (Å²) in [6, 6.07) is 17.1. The van der Waals surface area contributed by atoms with Crippen LogP contribution in [0.15, 0.2) is 77.7 Å². The minimum absolute atomic E-state index is 0.00267. The summed E-state index contributed by atoms with van der Waals surface area (Å²) in [7, 11) is 1.58. The summed E-state index contributed by atoms with van der Waals surface area (Å²) >= 11 is 0. The van der Waals surface area contributed by atoms with Crippen LogP contribution in [0.3, 0.4) is 0 Å². The smallest absolute Gasteiger partial charge is 0.274 e. The number of rotatable bonds is 7. The molecule has 1 unspecified atom stereocenters. The molecule has 0 saturated carbocycles. The fourth-order valence-corrected chi connectivity index (χ4v) is 4.61. The number of likely N-dealkylation sites (tertiary alicyclic amines) is 1. The number of nitrogens with one attached hydrogen (secondary N) is 1. The predicted octanol–water partition coefficient (Wildman–Crippen LogP) is 3.61. The number of ether oxygens (including phenoxy) is 2. The van der Waals surface area contributed by atoms with Gasteiger partial charge in [0, 0.05) is 44.1 Å². The molecule has 0 spiro atoms. The van der Waals surface area contributed by atoms with E-state index in [2.05, 4.69) is 10.2 Å². The van der Waals surface area contributed by atoms with Crippen molar-refractivity contribution in [3.63, 3.8) is 0 Å². The highest BCUT2D eigenvalue weighted by Gasteiger charge is 2.30. The van der Waals surface area contributed by atoms with Crippen molar-refractivity contribution < 1.29 is 14.3 Å². The van der Waals surface area contributed by atoms with Gasteiger partial charge in [-0.05, 0) is 48.4 Å². The van der Waals surface area contributed by atoms with Crippen molar-refractivity contribution >= 4 is 22.6 Å². The third kappa shape index (κ3) is 4.60. The molecule has 1 saturated heterocycles. The average molecular weight is 486 g/mol. The first-order valence-corrected chi connectivity index (χ1v) is 11.7. The number of anilines is 1. The van der Waals surface area contributed by atoms with Gasteiger partial charge in [-0.25, -0.2) is 5.10 Å². The van der Waals surface area contributed by atoms with E-state index in [0.29, 0.717) is 36.3 Å². The highest BCUT2D eigenvalue weighted by atomic mass is 16.5. The van der Waals surface area contributed by atoms with Gasteiger partial charge in [0.05, 0.1) is 12.0 Å². The van der Waals surface area contributed by atoms with E-state index in [9.17, 15) is 9.59 Å². The zero-order chi connectivity index (χ0) is 25.1. The number of fused-ring (bicyclic) bond motifs is 1. The van der Waals surface area contributed by atoms with Crippen molar-refractivity contribution in [2.45, 2.75) is 12.3 Å². The molecule has 0 aliphatic carbocycles. The first-order valence-electron chi connectivity index (χ1n) is 11.7. The molecule has 3 heterocycles. The van der Waals surface area contributed by atoms with Gasteiger partial charge in [-0.1, -0.05) is 24.3 Å². The number of nitrogens with two attached hydrogens (primary N) is 1. The highest BCUT2D eigenvalue weighted by molar-refractivity contribution is 5.93. The molecule has 3 N–H and O–H groups in total. The Morgan fingerprint density at radius 2 is 1.92 bits per heavy atom. The normalized spacial score (nSPS) is 15.7. The summed E-state index contributed by atoms with van der Waals surface area (Å²) < 4.78 is 12.8. The van der Waals surface area contributed by atoms with Crippen LogP contribution in [0.2, 0.25) is 0 Å². The van der Waals surface area contributed by atoms with Crippen molar-refractivity contribution in [1.29, 1.82) is 0 Å². The Balaban J connectivity index is 1.47. The van der Waals surface area contributed by atoms with Gasteiger partial charge in [0.2, 0.25) is 5.91 Å². The summed E-state index contributed by atoms with van der Waals surface area (Å²) in [5, 5.41) is 7.01. The molecule has 1 amide bonds. The number of carbonyl (C=O) groups excluding carboxylic acids is 1. The Hall–Kier alpha value is -4.37. The Kier molecular flexibility index (Phi) is 6.55. The minimum atomic E-state index is -0.304. The van der Waals surface area contributed by atoms with Crippen LogP contribution in [-0.2, 0) is 9.53 Å². The lowest BCUT2D eigenvalue weighted by Crippen LogP contribution is -2.26. The number of hydrogen-bond acceptors (Lipinski definition) is 6. The van der Waals surface area contributed by atoms with Gasteiger partial charge >= 0.3 is 0 Å². The van der Waals surface area contributed by atoms with Gasteiger partial charge in [0.1, 0.15) is 17.0 Å². The Morgan fingerprint density at radius 1 is 1.17 bits per heavy atom. The van der Waals surface area contributed by atoms with Gasteiger partial charge in [-0.3, -0.25) is 9.59 Å². The predicted molar refractivity (Wildman–Crippen MR) is 138 cm³/mol. The number of aromatic nitrogens is 3. The molecule has 0 radical (unpaired) electrons. The maximum atomic E-state index is 12.9. The molecule has 1 aliphatic heterocycles. The summed E-state index contributed by atoms with van der Waals surface area (Å²) in [6.07, 6.45) is 5.91. The second-order valence-electron chi connectivity index (χ2n) is 8.65. The topological polar surface area (TPSA) is 115 Å². The highest BCUT2D eigenvalue weighted by Crippen LogP contribution is 2.35. The van der Waals surface area contributed by atoms with Crippen LogP contribution in [0, 0.1) is 0 Å². The second-order valence-corrected chi connectivity index (χ2v) is 8.65. The molecular formula is C27H27N5O4. The lowest BCUT2D eigenvalue weighted by Gasteiger charge is -2.14. The Labute approximate surface area is 207 Å². The monoisotopic (exact) mass is 485 g/mol. The van der Waals surface area contributed by atoms with E-state index in [4.69, 9.17) is 15.2 Å². The number of aromatic amines is 1. The molecule has 5 rings (SSSR count). The summed E-state index contributed by atoms with van der Waals surface area (Å²) in [6.45, 7) is 1.51. The van der Waals surface area contributed by atoms with Crippen LogP contribution in [0.1, 0.15) is 17.9 Å². The van der Waals surface area contributed by atoms with E-state index in [1.54, 1.807) is 18.1 Å². The van der Waals surface area contributed by atoms with Crippen molar-refractivity contribution in [3.05, 3.63) is 88.9 Å². The van der Waals surface area contributed by atoms with Crippen molar-refractivity contribution in [3.8, 4) is 17.2 Å². The van der Waals surface area contributed by atoms with Crippen LogP contribution < -0.4 is 16.0 Å². The van der Waals surface area contributed by atoms with E-state index < -0.39 is 0 Å². The fourth-order valence-electron chi connectivity index (χ4n) is 4.61. The number of H-pyrrole nitrogens is 1. The zero-order valence-electron chi connectivity index (χ0n) is 19.9. The number of carbonyl (C=O) groups is 1. The number of para-hydroxylation sites is 1. The summed E-state index contributed by atoms with van der Waals surface area (Å²) in [5.74, 6) is 1.60. The Bertz CT molecular complexity index is 1460. The molecule has 1 fully saturated rings. The number of amides is 1. The number of nitrogens with zero attached hydrogens (tertiary/aromatic N) is 3. The lowest BCUT2D eigenvalue weighted by atomic mass is 9.99. The number of nitrogen functional groups attached to an aromatic ring is 1. The summed E-state index contributed by atoms with van der Waals surface area (Å²) in [5.41, 5.74) is 8.15. The maximum absolute atomic E-state index is 12.9. The van der Waals surface area contributed by atoms with Crippen molar-refractivity contribution in [1.82, 2.24) is 19.7 Å². The second kappa shape index (κ2) is 10.1. The number of benzene rings is 2. The molecule has 2 aromatic carbocycles. The van der Waals surface area contributed by atoms with Gasteiger partial charge < -0.3 is 24.7 Å². The van der Waals surface area contributed by atoms with E-state index in [-0.39, 0.29) is 23.2 Å². The number of methoxy groups -OCH3 is 1. The molecule has 1 atom stereocenters. The van der Waals surface area contributed by atoms with Crippen molar-refractivity contribution in [2.75, 3.05) is 32.5 Å². The van der Waals surface area contributed by atoms with Crippen LogP contribution in [0.4, 0.5) is 5.82 Å². The van der Waals surface area contributed by atoms with E-state index in [1.807, 2.05) is 65.4 Å². The fraction of sp³-hybridized carbons (Fsp3) is 0.222. The third-order valence-corrected chi connectivity index (χ3v) is 6.34. The third-order valence-electron chi connectivity index (χ3n) is 6.34. The molecule has 184 valence electrons. The molecule has 9 heteroatoms. The molecule has 9 nitrogen and oxygen atoms in total. The van der Waals surface area contributed by atoms with Crippen molar-refractivity contribution in [2.24, 2.45) is 0 Å². The molecule has 4 aromatic rings. The van der Waals surface area contributed by atoms with Crippen LogP contribution in [0.5, 0.6) is 11.5 Å². The minimum Gasteiger partial charge on any atom is -0.457 e. The first-order chi connectivity index (χ1) is 17.5. The van der Waals surface area contributed by atoms with Gasteiger partial charge in [0.15, 0.2) is 5.82 Å². The number of hydrogen-bond donors (Lipinski definition) is 2. The molecule has 36 heavy (non-hydrogen) atoms. The van der Waals surface area contributed by atoms with Gasteiger partial charge in [-0.2, -0.15) is 5.10 Å².